The fourth-order valence-corrected chi connectivity index (χ4v) is 2.37. The molecule has 0 aliphatic heterocycles. The number of benzene rings is 1. The molecular weight excluding hydrogens is 272 g/mol. The second-order valence-corrected chi connectivity index (χ2v) is 4.69. The minimum atomic E-state index is 0.380. The van der Waals surface area contributed by atoms with Gasteiger partial charge in [0.05, 0.1) is 18.2 Å². The molecule has 1 aromatic heterocycles. The van der Waals surface area contributed by atoms with Crippen LogP contribution in [0.2, 0.25) is 5.15 Å². The number of anilines is 2. The van der Waals surface area contributed by atoms with E-state index in [-0.39, 0.29) is 0 Å². The molecule has 0 fully saturated rings. The Hall–Kier alpha value is -1.79. The highest BCUT2D eigenvalue weighted by Gasteiger charge is 2.07. The molecule has 7 heteroatoms. The average molecular weight is 283 g/mol. The molecule has 18 heavy (non-hydrogen) atoms. The number of hydrogen-bond acceptors (Lipinski definition) is 6. The van der Waals surface area contributed by atoms with Gasteiger partial charge in [0.2, 0.25) is 0 Å². The molecule has 0 saturated heterocycles. The Balaban J connectivity index is 2.15. The molecule has 5 nitrogen and oxygen atoms in total. The van der Waals surface area contributed by atoms with Crippen molar-refractivity contribution in [3.8, 4) is 5.75 Å². The van der Waals surface area contributed by atoms with Gasteiger partial charge < -0.3 is 15.9 Å². The molecule has 0 unspecified atom stereocenters. The van der Waals surface area contributed by atoms with Crippen molar-refractivity contribution in [1.29, 1.82) is 0 Å². The topological polar surface area (TPSA) is 72.5 Å². The molecule has 1 aromatic carbocycles. The largest absolute Gasteiger partial charge is 0.497 e. The molecule has 0 aliphatic carbocycles. The summed E-state index contributed by atoms with van der Waals surface area (Å²) in [5.41, 5.74) is 0.900. The molecule has 0 bridgehead atoms. The van der Waals surface area contributed by atoms with E-state index in [1.54, 1.807) is 7.11 Å². The Labute approximate surface area is 113 Å². The van der Waals surface area contributed by atoms with Gasteiger partial charge in [0.1, 0.15) is 5.75 Å². The van der Waals surface area contributed by atoms with Crippen LogP contribution in [0.5, 0.6) is 5.75 Å². The standard InChI is InChI=1S/C11H11ClN4OS/c1-17-8-4-2-7(3-5-8)15-11-16-10(12)9(18-11)6-14-13/h2-6H,13H2,1H3,(H,15,16)/b14-6+. The number of aromatic nitrogens is 1. The van der Waals surface area contributed by atoms with Crippen LogP contribution in [0.3, 0.4) is 0 Å². The van der Waals surface area contributed by atoms with Gasteiger partial charge in [-0.2, -0.15) is 5.10 Å². The number of hydrogen-bond donors (Lipinski definition) is 2. The summed E-state index contributed by atoms with van der Waals surface area (Å²) in [6, 6.07) is 7.51. The lowest BCUT2D eigenvalue weighted by atomic mass is 10.3. The lowest BCUT2D eigenvalue weighted by Gasteiger charge is -2.03. The molecule has 0 spiro atoms. The fourth-order valence-electron chi connectivity index (χ4n) is 1.31. The first-order valence-corrected chi connectivity index (χ1v) is 6.23. The van der Waals surface area contributed by atoms with Crippen LogP contribution in [0, 0.1) is 0 Å². The van der Waals surface area contributed by atoms with Gasteiger partial charge in [0.25, 0.3) is 0 Å². The van der Waals surface area contributed by atoms with E-state index in [9.17, 15) is 0 Å². The second-order valence-electron chi connectivity index (χ2n) is 3.31. The Bertz CT molecular complexity index is 553. The molecule has 3 N–H and O–H groups in total. The Morgan fingerprint density at radius 3 is 2.78 bits per heavy atom. The van der Waals surface area contributed by atoms with E-state index >= 15 is 0 Å². The smallest absolute Gasteiger partial charge is 0.189 e. The predicted octanol–water partition coefficient (Wildman–Crippen LogP) is 2.84. The van der Waals surface area contributed by atoms with E-state index < -0.39 is 0 Å². The van der Waals surface area contributed by atoms with Crippen molar-refractivity contribution >= 4 is 40.0 Å². The number of nitrogens with one attached hydrogen (secondary N) is 1. The van der Waals surface area contributed by atoms with Gasteiger partial charge in [0.15, 0.2) is 10.3 Å². The van der Waals surface area contributed by atoms with Crippen LogP contribution < -0.4 is 15.9 Å². The van der Waals surface area contributed by atoms with Crippen LogP contribution in [0.4, 0.5) is 10.8 Å². The predicted molar refractivity (Wildman–Crippen MR) is 75.2 cm³/mol. The van der Waals surface area contributed by atoms with Crippen molar-refractivity contribution in [2.24, 2.45) is 10.9 Å². The lowest BCUT2D eigenvalue weighted by molar-refractivity contribution is 0.415. The molecular formula is C11H11ClN4OS. The third-order valence-electron chi connectivity index (χ3n) is 2.14. The van der Waals surface area contributed by atoms with Crippen LogP contribution in [0.25, 0.3) is 0 Å². The van der Waals surface area contributed by atoms with Gasteiger partial charge in [-0.05, 0) is 24.3 Å². The Kier molecular flexibility index (Phi) is 4.01. The summed E-state index contributed by atoms with van der Waals surface area (Å²) in [6.07, 6.45) is 1.47. The minimum absolute atomic E-state index is 0.380. The van der Waals surface area contributed by atoms with Crippen molar-refractivity contribution in [3.05, 3.63) is 34.3 Å². The third kappa shape index (κ3) is 2.91. The van der Waals surface area contributed by atoms with Gasteiger partial charge in [-0.3, -0.25) is 0 Å². The maximum Gasteiger partial charge on any atom is 0.189 e. The first-order chi connectivity index (χ1) is 8.72. The van der Waals surface area contributed by atoms with Crippen molar-refractivity contribution < 1.29 is 4.74 Å². The molecule has 94 valence electrons. The Morgan fingerprint density at radius 1 is 1.44 bits per heavy atom. The monoisotopic (exact) mass is 282 g/mol. The summed E-state index contributed by atoms with van der Waals surface area (Å²) in [7, 11) is 1.63. The number of halogens is 1. The molecule has 2 aromatic rings. The van der Waals surface area contributed by atoms with E-state index in [4.69, 9.17) is 22.2 Å². The molecule has 0 aliphatic rings. The number of hydrazone groups is 1. The van der Waals surface area contributed by atoms with E-state index in [1.165, 1.54) is 17.6 Å². The van der Waals surface area contributed by atoms with Gasteiger partial charge >= 0.3 is 0 Å². The summed E-state index contributed by atoms with van der Waals surface area (Å²) in [5, 5.41) is 7.63. The molecule has 0 radical (unpaired) electrons. The van der Waals surface area contributed by atoms with Crippen LogP contribution in [0.1, 0.15) is 4.88 Å². The van der Waals surface area contributed by atoms with Gasteiger partial charge in [-0.1, -0.05) is 22.9 Å². The zero-order valence-electron chi connectivity index (χ0n) is 9.55. The van der Waals surface area contributed by atoms with Crippen LogP contribution in [-0.4, -0.2) is 18.3 Å². The first kappa shape index (κ1) is 12.7. The highest BCUT2D eigenvalue weighted by Crippen LogP contribution is 2.28. The summed E-state index contributed by atoms with van der Waals surface area (Å²) < 4.78 is 5.08. The Morgan fingerprint density at radius 2 is 2.17 bits per heavy atom. The van der Waals surface area contributed by atoms with E-state index in [1.807, 2.05) is 24.3 Å². The molecule has 1 heterocycles. The van der Waals surface area contributed by atoms with Crippen molar-refractivity contribution in [1.82, 2.24) is 4.98 Å². The third-order valence-corrected chi connectivity index (χ3v) is 3.45. The fraction of sp³-hybridized carbons (Fsp3) is 0.0909. The number of nitrogens with two attached hydrogens (primary N) is 1. The average Bonchev–Trinajstić information content (AvgIpc) is 2.71. The van der Waals surface area contributed by atoms with E-state index in [0.717, 1.165) is 16.3 Å². The van der Waals surface area contributed by atoms with Gasteiger partial charge in [0, 0.05) is 5.69 Å². The quantitative estimate of drug-likeness (QED) is 0.514. The van der Waals surface area contributed by atoms with Gasteiger partial charge in [-0.25, -0.2) is 4.98 Å². The first-order valence-electron chi connectivity index (χ1n) is 5.03. The van der Waals surface area contributed by atoms with Crippen molar-refractivity contribution in [3.63, 3.8) is 0 Å². The number of rotatable bonds is 4. The molecule has 0 saturated carbocycles. The number of ether oxygens (including phenoxy) is 1. The zero-order valence-corrected chi connectivity index (χ0v) is 11.1. The van der Waals surface area contributed by atoms with E-state index in [0.29, 0.717) is 10.3 Å². The minimum Gasteiger partial charge on any atom is -0.497 e. The van der Waals surface area contributed by atoms with Crippen molar-refractivity contribution in [2.45, 2.75) is 0 Å². The van der Waals surface area contributed by atoms with Gasteiger partial charge in [-0.15, -0.1) is 0 Å². The van der Waals surface area contributed by atoms with Crippen molar-refractivity contribution in [2.75, 3.05) is 12.4 Å². The summed E-state index contributed by atoms with van der Waals surface area (Å²) in [6.45, 7) is 0. The highest BCUT2D eigenvalue weighted by molar-refractivity contribution is 7.17. The number of methoxy groups -OCH3 is 1. The maximum atomic E-state index is 5.93. The SMILES string of the molecule is COc1ccc(Nc2nc(Cl)c(/C=N/N)s2)cc1. The highest BCUT2D eigenvalue weighted by atomic mass is 35.5. The summed E-state index contributed by atoms with van der Waals surface area (Å²) >= 11 is 7.30. The van der Waals surface area contributed by atoms with Crippen LogP contribution >= 0.6 is 22.9 Å². The van der Waals surface area contributed by atoms with E-state index in [2.05, 4.69) is 15.4 Å². The lowest BCUT2D eigenvalue weighted by Crippen LogP contribution is -1.89. The van der Waals surface area contributed by atoms with Crippen LogP contribution in [-0.2, 0) is 0 Å². The zero-order chi connectivity index (χ0) is 13.0. The number of nitrogens with zero attached hydrogens (tertiary/aromatic N) is 2. The summed E-state index contributed by atoms with van der Waals surface area (Å²) in [5.74, 6) is 5.88. The normalized spacial score (nSPS) is 10.8. The second kappa shape index (κ2) is 5.70. The summed E-state index contributed by atoms with van der Waals surface area (Å²) in [4.78, 5) is 4.88. The molecule has 0 atom stereocenters. The van der Waals surface area contributed by atoms with Crippen LogP contribution in [0.15, 0.2) is 29.4 Å². The molecule has 0 amide bonds. The maximum absolute atomic E-state index is 5.93. The number of thiazole rings is 1. The molecule has 2 rings (SSSR count).